The van der Waals surface area contributed by atoms with Crippen molar-refractivity contribution in [2.45, 2.75) is 6.42 Å². The van der Waals surface area contributed by atoms with Crippen molar-refractivity contribution in [1.82, 2.24) is 4.90 Å². The zero-order valence-corrected chi connectivity index (χ0v) is 10.3. The summed E-state index contributed by atoms with van der Waals surface area (Å²) >= 11 is 11.7. The number of rotatable bonds is 4. The number of hydrogen-bond donors (Lipinski definition) is 0. The lowest BCUT2D eigenvalue weighted by molar-refractivity contribution is 0.0972. The quantitative estimate of drug-likeness (QED) is 0.760. The summed E-state index contributed by atoms with van der Waals surface area (Å²) in [7, 11) is 3.85. The van der Waals surface area contributed by atoms with E-state index in [1.54, 1.807) is 18.2 Å². The zero-order valence-electron chi connectivity index (χ0n) is 8.76. The van der Waals surface area contributed by atoms with E-state index in [-0.39, 0.29) is 5.78 Å². The molecule has 0 saturated heterocycles. The van der Waals surface area contributed by atoms with Gasteiger partial charge in [0.2, 0.25) is 0 Å². The molecule has 4 heteroatoms. The number of Topliss-reactive ketones (excluding diaryl/α,β-unsaturated/α-hetero) is 1. The van der Waals surface area contributed by atoms with Crippen molar-refractivity contribution in [3.63, 3.8) is 0 Å². The molecule has 0 amide bonds. The highest BCUT2D eigenvalue weighted by molar-refractivity contribution is 6.35. The predicted molar refractivity (Wildman–Crippen MR) is 64.0 cm³/mol. The Morgan fingerprint density at radius 1 is 1.33 bits per heavy atom. The standard InChI is InChI=1S/C11H13Cl2NO/c1-14(2)6-5-11(15)9-7-8(12)3-4-10(9)13/h3-4,7H,5-6H2,1-2H3. The van der Waals surface area contributed by atoms with E-state index in [1.165, 1.54) is 0 Å². The Balaban J connectivity index is 2.77. The minimum atomic E-state index is 0.0243. The third-order valence-corrected chi connectivity index (χ3v) is 2.58. The second kappa shape index (κ2) is 5.50. The molecule has 0 spiro atoms. The van der Waals surface area contributed by atoms with Gasteiger partial charge in [-0.3, -0.25) is 4.79 Å². The van der Waals surface area contributed by atoms with Gasteiger partial charge in [-0.2, -0.15) is 0 Å². The number of halogens is 2. The summed E-state index contributed by atoms with van der Waals surface area (Å²) in [6.45, 7) is 0.710. The summed E-state index contributed by atoms with van der Waals surface area (Å²) in [5.41, 5.74) is 0.506. The molecule has 0 aliphatic rings. The average molecular weight is 246 g/mol. The van der Waals surface area contributed by atoms with Crippen LogP contribution in [0.5, 0.6) is 0 Å². The Kier molecular flexibility index (Phi) is 4.58. The van der Waals surface area contributed by atoms with Crippen molar-refractivity contribution in [2.75, 3.05) is 20.6 Å². The highest BCUT2D eigenvalue weighted by Gasteiger charge is 2.10. The zero-order chi connectivity index (χ0) is 11.4. The SMILES string of the molecule is CN(C)CCC(=O)c1cc(Cl)ccc1Cl. The van der Waals surface area contributed by atoms with E-state index in [9.17, 15) is 4.79 Å². The minimum absolute atomic E-state index is 0.0243. The van der Waals surface area contributed by atoms with Gasteiger partial charge in [-0.25, -0.2) is 0 Å². The Morgan fingerprint density at radius 3 is 2.60 bits per heavy atom. The lowest BCUT2D eigenvalue weighted by Gasteiger charge is -2.09. The molecule has 0 aliphatic carbocycles. The molecular formula is C11H13Cl2NO. The molecule has 0 heterocycles. The van der Waals surface area contributed by atoms with Gasteiger partial charge in [0.1, 0.15) is 0 Å². The van der Waals surface area contributed by atoms with E-state index in [0.29, 0.717) is 28.6 Å². The summed E-state index contributed by atoms with van der Waals surface area (Å²) in [4.78, 5) is 13.7. The van der Waals surface area contributed by atoms with Crippen LogP contribution in [0.3, 0.4) is 0 Å². The Morgan fingerprint density at radius 2 is 2.00 bits per heavy atom. The number of ketones is 1. The third-order valence-electron chi connectivity index (χ3n) is 2.01. The molecule has 0 atom stereocenters. The molecule has 0 aromatic heterocycles. The maximum absolute atomic E-state index is 11.8. The van der Waals surface area contributed by atoms with Crippen molar-refractivity contribution < 1.29 is 4.79 Å². The lowest BCUT2D eigenvalue weighted by Crippen LogP contribution is -2.16. The van der Waals surface area contributed by atoms with Gasteiger partial charge in [0.25, 0.3) is 0 Å². The van der Waals surface area contributed by atoms with Gasteiger partial charge in [0, 0.05) is 23.6 Å². The second-order valence-corrected chi connectivity index (χ2v) is 4.44. The van der Waals surface area contributed by atoms with Crippen LogP contribution in [0.4, 0.5) is 0 Å². The summed E-state index contributed by atoms with van der Waals surface area (Å²) in [5.74, 6) is 0.0243. The minimum Gasteiger partial charge on any atom is -0.309 e. The fourth-order valence-electron chi connectivity index (χ4n) is 1.17. The van der Waals surface area contributed by atoms with E-state index >= 15 is 0 Å². The molecule has 0 fully saturated rings. The van der Waals surface area contributed by atoms with Crippen molar-refractivity contribution in [3.05, 3.63) is 33.8 Å². The molecule has 82 valence electrons. The average Bonchev–Trinajstić information content (AvgIpc) is 2.18. The van der Waals surface area contributed by atoms with Crippen LogP contribution in [0.1, 0.15) is 16.8 Å². The maximum Gasteiger partial charge on any atom is 0.165 e. The van der Waals surface area contributed by atoms with Gasteiger partial charge >= 0.3 is 0 Å². The maximum atomic E-state index is 11.8. The number of carbonyl (C=O) groups excluding carboxylic acids is 1. The first-order chi connectivity index (χ1) is 7.00. The van der Waals surface area contributed by atoms with E-state index in [4.69, 9.17) is 23.2 Å². The number of benzene rings is 1. The van der Waals surface area contributed by atoms with Gasteiger partial charge in [-0.1, -0.05) is 23.2 Å². The summed E-state index contributed by atoms with van der Waals surface area (Å²) in [5, 5.41) is 0.996. The van der Waals surface area contributed by atoms with Crippen molar-refractivity contribution in [2.24, 2.45) is 0 Å². The van der Waals surface area contributed by atoms with Crippen LogP contribution in [-0.4, -0.2) is 31.3 Å². The molecule has 2 nitrogen and oxygen atoms in total. The number of hydrogen-bond acceptors (Lipinski definition) is 2. The molecular weight excluding hydrogens is 233 g/mol. The molecule has 0 saturated carbocycles. The molecule has 1 aromatic carbocycles. The molecule has 0 bridgehead atoms. The Hall–Kier alpha value is -0.570. The highest BCUT2D eigenvalue weighted by atomic mass is 35.5. The van der Waals surface area contributed by atoms with Crippen LogP contribution >= 0.6 is 23.2 Å². The molecule has 0 aliphatic heterocycles. The summed E-state index contributed by atoms with van der Waals surface area (Å²) < 4.78 is 0. The van der Waals surface area contributed by atoms with Gasteiger partial charge < -0.3 is 4.90 Å². The molecule has 0 unspecified atom stereocenters. The highest BCUT2D eigenvalue weighted by Crippen LogP contribution is 2.21. The smallest absolute Gasteiger partial charge is 0.165 e. The molecule has 1 aromatic rings. The monoisotopic (exact) mass is 245 g/mol. The van der Waals surface area contributed by atoms with E-state index in [2.05, 4.69) is 0 Å². The largest absolute Gasteiger partial charge is 0.309 e. The first kappa shape index (κ1) is 12.5. The van der Waals surface area contributed by atoms with Crippen molar-refractivity contribution in [1.29, 1.82) is 0 Å². The summed E-state index contributed by atoms with van der Waals surface area (Å²) in [6, 6.07) is 4.93. The molecule has 0 N–H and O–H groups in total. The second-order valence-electron chi connectivity index (χ2n) is 3.60. The van der Waals surface area contributed by atoms with Crippen LogP contribution in [0.2, 0.25) is 10.0 Å². The fraction of sp³-hybridized carbons (Fsp3) is 0.364. The van der Waals surface area contributed by atoms with E-state index in [0.717, 1.165) is 0 Å². The van der Waals surface area contributed by atoms with Crippen LogP contribution in [-0.2, 0) is 0 Å². The Labute approximate surface area is 99.8 Å². The molecule has 0 radical (unpaired) electrons. The predicted octanol–water partition coefficient (Wildman–Crippen LogP) is 3.13. The van der Waals surface area contributed by atoms with E-state index < -0.39 is 0 Å². The molecule has 1 rings (SSSR count). The fourth-order valence-corrected chi connectivity index (χ4v) is 1.57. The van der Waals surface area contributed by atoms with Gasteiger partial charge in [-0.05, 0) is 32.3 Å². The third kappa shape index (κ3) is 3.82. The van der Waals surface area contributed by atoms with Crippen molar-refractivity contribution >= 4 is 29.0 Å². The lowest BCUT2D eigenvalue weighted by atomic mass is 10.1. The van der Waals surface area contributed by atoms with E-state index in [1.807, 2.05) is 19.0 Å². The molecule has 15 heavy (non-hydrogen) atoms. The topological polar surface area (TPSA) is 20.3 Å². The van der Waals surface area contributed by atoms with Gasteiger partial charge in [0.05, 0.1) is 5.02 Å². The first-order valence-corrected chi connectivity index (χ1v) is 5.39. The number of nitrogens with zero attached hydrogens (tertiary/aromatic N) is 1. The van der Waals surface area contributed by atoms with Crippen LogP contribution in [0.15, 0.2) is 18.2 Å². The normalized spacial score (nSPS) is 10.7. The van der Waals surface area contributed by atoms with Gasteiger partial charge in [-0.15, -0.1) is 0 Å². The Bertz CT molecular complexity index is 364. The van der Waals surface area contributed by atoms with Gasteiger partial charge in [0.15, 0.2) is 5.78 Å². The number of carbonyl (C=O) groups is 1. The first-order valence-electron chi connectivity index (χ1n) is 4.63. The summed E-state index contributed by atoms with van der Waals surface area (Å²) in [6.07, 6.45) is 0.451. The van der Waals surface area contributed by atoms with Crippen LogP contribution < -0.4 is 0 Å². The van der Waals surface area contributed by atoms with Crippen LogP contribution in [0, 0.1) is 0 Å². The van der Waals surface area contributed by atoms with Crippen LogP contribution in [0.25, 0.3) is 0 Å². The van der Waals surface area contributed by atoms with Crippen molar-refractivity contribution in [3.8, 4) is 0 Å².